The Balaban J connectivity index is 1.26. The van der Waals surface area contributed by atoms with Crippen molar-refractivity contribution in [1.29, 1.82) is 5.41 Å². The fraction of sp³-hybridized carbons (Fsp3) is 0.290. The van der Waals surface area contributed by atoms with E-state index in [-0.39, 0.29) is 34.2 Å². The van der Waals surface area contributed by atoms with Crippen LogP contribution in [0.3, 0.4) is 0 Å². The predicted octanol–water partition coefficient (Wildman–Crippen LogP) is 13.7. The van der Waals surface area contributed by atoms with E-state index in [0.717, 1.165) is 61.5 Å². The number of aromatic nitrogens is 1. The fourth-order valence-electron chi connectivity index (χ4n) is 10.4. The molecule has 69 heavy (non-hydrogen) atoms. The number of amidine groups is 2. The highest BCUT2D eigenvalue weighted by Crippen LogP contribution is 2.45. The zero-order valence-electron chi connectivity index (χ0n) is 43.1. The molecule has 0 bridgehead atoms. The van der Waals surface area contributed by atoms with Crippen LogP contribution >= 0.6 is 0 Å². The van der Waals surface area contributed by atoms with Crippen LogP contribution < -0.4 is 26.0 Å². The summed E-state index contributed by atoms with van der Waals surface area (Å²) in [6, 6.07) is 51.3. The lowest BCUT2D eigenvalue weighted by Gasteiger charge is -2.41. The number of ether oxygens (including phenoxy) is 1. The quantitative estimate of drug-likeness (QED) is 0.109. The van der Waals surface area contributed by atoms with Crippen LogP contribution in [-0.4, -0.2) is 41.9 Å². The van der Waals surface area contributed by atoms with Crippen LogP contribution in [0.4, 0.5) is 17.1 Å². The van der Waals surface area contributed by atoms with Gasteiger partial charge in [-0.2, -0.15) is 0 Å². The number of hydrogen-bond acceptors (Lipinski definition) is 3. The van der Waals surface area contributed by atoms with E-state index in [1.165, 1.54) is 44.3 Å². The molecule has 2 aliphatic rings. The Kier molecular flexibility index (Phi) is 10.7. The van der Waals surface area contributed by atoms with Crippen molar-refractivity contribution in [2.75, 3.05) is 19.0 Å². The van der Waals surface area contributed by atoms with Gasteiger partial charge in [0.15, 0.2) is 5.84 Å². The molecule has 1 aromatic heterocycles. The summed E-state index contributed by atoms with van der Waals surface area (Å²) in [6.07, 6.45) is 0. The Hall–Kier alpha value is -6.86. The van der Waals surface area contributed by atoms with Crippen molar-refractivity contribution < 1.29 is 4.74 Å². The molecule has 0 unspecified atom stereocenters. The molecule has 0 aliphatic carbocycles. The highest BCUT2D eigenvalue weighted by Gasteiger charge is 2.43. The molecule has 0 saturated carbocycles. The molecule has 7 aromatic carbocycles. The van der Waals surface area contributed by atoms with Crippen LogP contribution in [-0.2, 0) is 21.7 Å². The number of hydrogen-bond donors (Lipinski definition) is 1. The molecule has 10 rings (SSSR count). The van der Waals surface area contributed by atoms with Gasteiger partial charge in [-0.1, -0.05) is 174 Å². The summed E-state index contributed by atoms with van der Waals surface area (Å²) in [4.78, 5) is 9.65. The number of aliphatic imine (C=N–C) groups is 1. The maximum absolute atomic E-state index is 9.37. The minimum atomic E-state index is -0.0674. The van der Waals surface area contributed by atoms with E-state index in [0.29, 0.717) is 5.84 Å². The zero-order valence-corrected chi connectivity index (χ0v) is 43.1. The van der Waals surface area contributed by atoms with Crippen LogP contribution in [0.25, 0.3) is 27.5 Å². The van der Waals surface area contributed by atoms with Crippen LogP contribution in [0.15, 0.2) is 145 Å². The van der Waals surface area contributed by atoms with Gasteiger partial charge in [0.2, 0.25) is 0 Å². The van der Waals surface area contributed by atoms with Crippen LogP contribution in [0.5, 0.6) is 11.5 Å². The second-order valence-corrected chi connectivity index (χ2v) is 23.6. The zero-order chi connectivity index (χ0) is 49.1. The van der Waals surface area contributed by atoms with Gasteiger partial charge in [0.25, 0.3) is 6.71 Å². The summed E-state index contributed by atoms with van der Waals surface area (Å²) in [6.45, 7) is 27.2. The number of nitrogens with zero attached hydrogens (tertiary/aromatic N) is 4. The second kappa shape index (κ2) is 16.1. The molecule has 0 amide bonds. The average molecular weight is 908 g/mol. The van der Waals surface area contributed by atoms with E-state index in [4.69, 9.17) is 9.73 Å². The van der Waals surface area contributed by atoms with Crippen molar-refractivity contribution >= 4 is 73.6 Å². The summed E-state index contributed by atoms with van der Waals surface area (Å²) < 4.78 is 9.66. The molecular formula is C62H66BN5O. The van der Waals surface area contributed by atoms with Gasteiger partial charge in [0.05, 0.1) is 16.7 Å². The molecule has 0 spiro atoms. The third kappa shape index (κ3) is 7.94. The van der Waals surface area contributed by atoms with Crippen molar-refractivity contribution in [3.05, 3.63) is 173 Å². The highest BCUT2D eigenvalue weighted by atomic mass is 16.5. The van der Waals surface area contributed by atoms with Crippen LogP contribution in [0, 0.1) is 5.41 Å². The Morgan fingerprint density at radius 1 is 0.536 bits per heavy atom. The summed E-state index contributed by atoms with van der Waals surface area (Å²) in [5, 5.41) is 11.6. The third-order valence-corrected chi connectivity index (χ3v) is 14.3. The molecule has 2 aliphatic heterocycles. The van der Waals surface area contributed by atoms with Crippen molar-refractivity contribution in [2.45, 2.75) is 105 Å². The van der Waals surface area contributed by atoms with E-state index in [9.17, 15) is 5.41 Å². The lowest BCUT2D eigenvalue weighted by Crippen LogP contribution is -2.60. The lowest BCUT2D eigenvalue weighted by molar-refractivity contribution is 0.486. The maximum Gasteiger partial charge on any atom is 0.256 e. The van der Waals surface area contributed by atoms with Gasteiger partial charge in [-0.3, -0.25) is 5.41 Å². The van der Waals surface area contributed by atoms with E-state index in [1.54, 1.807) is 0 Å². The Morgan fingerprint density at radius 2 is 1.10 bits per heavy atom. The standard InChI is InChI=1S/C62H66BN5O/c1-59(2,3)39-24-22-38(23-25-39)57(64)65-58(66(13)14)47-20-17-19-46-45-18-15-16-21-50(45)68(56(46)47)44-36-52-55-54(37-44)69-53-33-29-42(62(10,11)12)35-49(53)63(55)48-34-41(61(7,8)9)28-32-51(48)67(52)43-30-26-40(27-31-43)60(4,5)6/h15-37,64H,1-14H3/b64-57?,65-58-. The van der Waals surface area contributed by atoms with E-state index < -0.39 is 0 Å². The Morgan fingerprint density at radius 3 is 1.72 bits per heavy atom. The first kappa shape index (κ1) is 45.9. The molecule has 6 nitrogen and oxygen atoms in total. The van der Waals surface area contributed by atoms with Crippen molar-refractivity contribution in [1.82, 2.24) is 9.47 Å². The van der Waals surface area contributed by atoms with Gasteiger partial charge >= 0.3 is 0 Å². The molecule has 1 N–H and O–H groups in total. The van der Waals surface area contributed by atoms with Gasteiger partial charge in [-0.15, -0.1) is 0 Å². The molecule has 348 valence electrons. The van der Waals surface area contributed by atoms with Gasteiger partial charge < -0.3 is 19.1 Å². The van der Waals surface area contributed by atoms with Gasteiger partial charge in [0, 0.05) is 59.1 Å². The number of nitrogens with one attached hydrogen (secondary N) is 1. The Bertz CT molecular complexity index is 3380. The molecular weight excluding hydrogens is 842 g/mol. The summed E-state index contributed by atoms with van der Waals surface area (Å²) in [5.41, 5.74) is 16.8. The average Bonchev–Trinajstić information content (AvgIpc) is 3.64. The third-order valence-electron chi connectivity index (χ3n) is 14.3. The van der Waals surface area contributed by atoms with Gasteiger partial charge in [0.1, 0.15) is 17.3 Å². The second-order valence-electron chi connectivity index (χ2n) is 23.6. The minimum absolute atomic E-state index is 0.00472. The van der Waals surface area contributed by atoms with E-state index in [2.05, 4.69) is 220 Å². The van der Waals surface area contributed by atoms with Crippen molar-refractivity contribution in [3.63, 3.8) is 0 Å². The van der Waals surface area contributed by atoms with Crippen LogP contribution in [0.1, 0.15) is 116 Å². The monoisotopic (exact) mass is 908 g/mol. The fourth-order valence-corrected chi connectivity index (χ4v) is 10.4. The first-order valence-corrected chi connectivity index (χ1v) is 24.5. The summed E-state index contributed by atoms with van der Waals surface area (Å²) >= 11 is 0. The van der Waals surface area contributed by atoms with E-state index in [1.807, 2.05) is 31.1 Å². The minimum Gasteiger partial charge on any atom is -0.458 e. The smallest absolute Gasteiger partial charge is 0.256 e. The molecule has 0 radical (unpaired) electrons. The topological polar surface area (TPSA) is 56.9 Å². The van der Waals surface area contributed by atoms with Crippen molar-refractivity contribution in [3.8, 4) is 17.2 Å². The number of fused-ring (bicyclic) bond motifs is 7. The predicted molar refractivity (Wildman–Crippen MR) is 295 cm³/mol. The van der Waals surface area contributed by atoms with Crippen LogP contribution in [0.2, 0.25) is 0 Å². The first-order valence-electron chi connectivity index (χ1n) is 24.5. The van der Waals surface area contributed by atoms with E-state index >= 15 is 0 Å². The number of rotatable bonds is 4. The van der Waals surface area contributed by atoms with Gasteiger partial charge in [-0.25, -0.2) is 4.99 Å². The molecule has 7 heteroatoms. The first-order chi connectivity index (χ1) is 32.5. The SMILES string of the molecule is CN(C)/C(=N\C(=N)c1ccc(C(C)(C)C)cc1)c1cccc2c3ccccc3n(-c3cc4c5c(c3)N(c3ccc(C(C)(C)C)cc3)c3ccc(C(C)(C)C)cc3B5c3cc(C(C)(C)C)ccc3O4)c12. The summed E-state index contributed by atoms with van der Waals surface area (Å²) in [7, 11) is 4.04. The summed E-state index contributed by atoms with van der Waals surface area (Å²) in [5.74, 6) is 2.65. The highest BCUT2D eigenvalue weighted by molar-refractivity contribution is 6.99. The molecule has 0 atom stereocenters. The molecule has 8 aromatic rings. The van der Waals surface area contributed by atoms with Crippen molar-refractivity contribution in [2.24, 2.45) is 4.99 Å². The molecule has 0 fully saturated rings. The molecule has 0 saturated heterocycles. The number of benzene rings is 7. The maximum atomic E-state index is 9.37. The normalized spacial score (nSPS) is 13.9. The molecule has 3 heterocycles. The number of anilines is 3. The Labute approximate surface area is 410 Å². The van der Waals surface area contributed by atoms with Gasteiger partial charge in [-0.05, 0) is 103 Å². The number of para-hydroxylation sites is 2. The largest absolute Gasteiger partial charge is 0.458 e. The lowest BCUT2D eigenvalue weighted by atomic mass is 9.33.